The lowest BCUT2D eigenvalue weighted by molar-refractivity contribution is 0.152. The van der Waals surface area contributed by atoms with Crippen LogP contribution in [0.4, 0.5) is 0 Å². The number of thiophene rings is 1. The molecular formula is C15H23BrN2S. The second kappa shape index (κ2) is 5.84. The zero-order valence-electron chi connectivity index (χ0n) is 11.6. The molecule has 0 aromatic carbocycles. The van der Waals surface area contributed by atoms with E-state index in [1.807, 2.05) is 11.3 Å². The van der Waals surface area contributed by atoms with Gasteiger partial charge in [-0.15, -0.1) is 11.3 Å². The number of rotatable bonds is 3. The summed E-state index contributed by atoms with van der Waals surface area (Å²) in [6, 6.07) is 3.74. The number of nitrogens with two attached hydrogens (primary N) is 1. The molecule has 2 nitrogen and oxygen atoms in total. The second-order valence-electron chi connectivity index (χ2n) is 5.96. The van der Waals surface area contributed by atoms with E-state index < -0.39 is 0 Å². The first kappa shape index (κ1) is 14.1. The van der Waals surface area contributed by atoms with Gasteiger partial charge in [-0.2, -0.15) is 0 Å². The molecule has 19 heavy (non-hydrogen) atoms. The van der Waals surface area contributed by atoms with Crippen molar-refractivity contribution in [1.82, 2.24) is 4.90 Å². The molecule has 3 rings (SSSR count). The first-order chi connectivity index (χ1) is 9.20. The van der Waals surface area contributed by atoms with Crippen molar-refractivity contribution in [1.29, 1.82) is 0 Å². The average molecular weight is 343 g/mol. The molecule has 2 fully saturated rings. The Morgan fingerprint density at radius 2 is 2.16 bits per heavy atom. The van der Waals surface area contributed by atoms with Crippen molar-refractivity contribution in [2.75, 3.05) is 13.1 Å². The summed E-state index contributed by atoms with van der Waals surface area (Å²) in [5.74, 6) is 0.632. The lowest BCUT2D eigenvalue weighted by atomic mass is 9.93. The molecule has 2 aliphatic rings. The lowest BCUT2D eigenvalue weighted by Crippen LogP contribution is -2.36. The molecule has 0 amide bonds. The fraction of sp³-hybridized carbons (Fsp3) is 0.733. The van der Waals surface area contributed by atoms with Crippen molar-refractivity contribution in [2.24, 2.45) is 11.7 Å². The van der Waals surface area contributed by atoms with Gasteiger partial charge >= 0.3 is 0 Å². The van der Waals surface area contributed by atoms with E-state index in [9.17, 15) is 0 Å². The van der Waals surface area contributed by atoms with E-state index in [0.29, 0.717) is 12.0 Å². The van der Waals surface area contributed by atoms with Crippen LogP contribution in [0.2, 0.25) is 0 Å². The standard InChI is InChI=1S/C15H23BrN2S/c1-10-13(16)8-14(19-10)15-11(9-17)4-2-3-7-18(15)12-5-6-12/h8,11-12,15H,2-7,9,17H2,1H3. The van der Waals surface area contributed by atoms with Crippen LogP contribution in [0.25, 0.3) is 0 Å². The highest BCUT2D eigenvalue weighted by molar-refractivity contribution is 9.10. The van der Waals surface area contributed by atoms with Crippen LogP contribution in [-0.2, 0) is 0 Å². The number of hydrogen-bond acceptors (Lipinski definition) is 3. The van der Waals surface area contributed by atoms with E-state index >= 15 is 0 Å². The first-order valence-corrected chi connectivity index (χ1v) is 9.03. The molecule has 2 atom stereocenters. The largest absolute Gasteiger partial charge is 0.330 e. The number of aryl methyl sites for hydroxylation is 1. The SMILES string of the molecule is Cc1sc(C2C(CN)CCCCN2C2CC2)cc1Br. The molecule has 0 spiro atoms. The summed E-state index contributed by atoms with van der Waals surface area (Å²) in [5, 5.41) is 0. The van der Waals surface area contributed by atoms with Crippen LogP contribution >= 0.6 is 27.3 Å². The van der Waals surface area contributed by atoms with E-state index in [-0.39, 0.29) is 0 Å². The van der Waals surface area contributed by atoms with Crippen LogP contribution < -0.4 is 5.73 Å². The Balaban J connectivity index is 1.93. The van der Waals surface area contributed by atoms with E-state index in [4.69, 9.17) is 5.73 Å². The maximum absolute atomic E-state index is 6.09. The van der Waals surface area contributed by atoms with Crippen LogP contribution in [0.1, 0.15) is 47.9 Å². The Morgan fingerprint density at radius 3 is 2.74 bits per heavy atom. The Bertz CT molecular complexity index is 422. The van der Waals surface area contributed by atoms with Gasteiger partial charge in [0.15, 0.2) is 0 Å². The third-order valence-corrected chi connectivity index (χ3v) is 6.74. The summed E-state index contributed by atoms with van der Waals surface area (Å²) in [6.45, 7) is 4.29. The molecule has 0 radical (unpaired) electrons. The van der Waals surface area contributed by atoms with E-state index in [2.05, 4.69) is 33.8 Å². The van der Waals surface area contributed by atoms with E-state index in [1.54, 1.807) is 0 Å². The Hall–Kier alpha value is 0.100. The second-order valence-corrected chi connectivity index (χ2v) is 8.10. The van der Waals surface area contributed by atoms with Gasteiger partial charge in [0, 0.05) is 26.3 Å². The van der Waals surface area contributed by atoms with Crippen LogP contribution in [-0.4, -0.2) is 24.0 Å². The normalized spacial score (nSPS) is 29.4. The van der Waals surface area contributed by atoms with Crippen LogP contribution in [0.15, 0.2) is 10.5 Å². The summed E-state index contributed by atoms with van der Waals surface area (Å²) < 4.78 is 1.27. The lowest BCUT2D eigenvalue weighted by Gasteiger charge is -2.34. The summed E-state index contributed by atoms with van der Waals surface area (Å²) in [6.07, 6.45) is 6.75. The maximum atomic E-state index is 6.09. The third-order valence-electron chi connectivity index (χ3n) is 4.53. The minimum absolute atomic E-state index is 0.565. The molecule has 1 saturated carbocycles. The van der Waals surface area contributed by atoms with Crippen LogP contribution in [0.5, 0.6) is 0 Å². The highest BCUT2D eigenvalue weighted by Crippen LogP contribution is 2.44. The van der Waals surface area contributed by atoms with Gasteiger partial charge in [0.25, 0.3) is 0 Å². The molecule has 1 aliphatic heterocycles. The molecule has 2 N–H and O–H groups in total. The number of halogens is 1. The van der Waals surface area contributed by atoms with E-state index in [0.717, 1.165) is 12.6 Å². The van der Waals surface area contributed by atoms with Gasteiger partial charge in [-0.25, -0.2) is 0 Å². The topological polar surface area (TPSA) is 29.3 Å². The molecule has 106 valence electrons. The van der Waals surface area contributed by atoms with Crippen molar-refractivity contribution in [3.8, 4) is 0 Å². The zero-order valence-corrected chi connectivity index (χ0v) is 14.0. The summed E-state index contributed by atoms with van der Waals surface area (Å²) in [5.41, 5.74) is 6.09. The molecule has 1 aliphatic carbocycles. The Labute approximate surface area is 128 Å². The van der Waals surface area contributed by atoms with Crippen LogP contribution in [0.3, 0.4) is 0 Å². The molecule has 2 unspecified atom stereocenters. The summed E-state index contributed by atoms with van der Waals surface area (Å²) >= 11 is 5.63. The van der Waals surface area contributed by atoms with Gasteiger partial charge in [0.05, 0.1) is 0 Å². The first-order valence-electron chi connectivity index (χ1n) is 7.42. The molecule has 1 saturated heterocycles. The maximum Gasteiger partial charge on any atom is 0.0485 e. The Kier molecular flexibility index (Phi) is 4.32. The quantitative estimate of drug-likeness (QED) is 0.896. The van der Waals surface area contributed by atoms with Gasteiger partial charge in [-0.3, -0.25) is 4.90 Å². The van der Waals surface area contributed by atoms with Gasteiger partial charge in [0.2, 0.25) is 0 Å². The van der Waals surface area contributed by atoms with Gasteiger partial charge < -0.3 is 5.73 Å². The van der Waals surface area contributed by atoms with Crippen molar-refractivity contribution in [2.45, 2.75) is 51.1 Å². The predicted octanol–water partition coefficient (Wildman–Crippen LogP) is 4.08. The third kappa shape index (κ3) is 2.92. The van der Waals surface area contributed by atoms with Crippen molar-refractivity contribution >= 4 is 27.3 Å². The fourth-order valence-corrected chi connectivity index (χ4v) is 5.13. The molecule has 2 heterocycles. The Morgan fingerprint density at radius 1 is 1.37 bits per heavy atom. The average Bonchev–Trinajstić information content (AvgIpc) is 3.19. The number of likely N-dealkylation sites (tertiary alicyclic amines) is 1. The minimum atomic E-state index is 0.565. The highest BCUT2D eigenvalue weighted by atomic mass is 79.9. The van der Waals surface area contributed by atoms with Crippen molar-refractivity contribution in [3.05, 3.63) is 20.3 Å². The van der Waals surface area contributed by atoms with Gasteiger partial charge in [0.1, 0.15) is 0 Å². The number of hydrogen-bond donors (Lipinski definition) is 1. The highest BCUT2D eigenvalue weighted by Gasteiger charge is 2.39. The number of nitrogens with zero attached hydrogens (tertiary/aromatic N) is 1. The van der Waals surface area contributed by atoms with Crippen LogP contribution in [0, 0.1) is 12.8 Å². The van der Waals surface area contributed by atoms with Gasteiger partial charge in [-0.1, -0.05) is 6.42 Å². The smallest absolute Gasteiger partial charge is 0.0485 e. The summed E-state index contributed by atoms with van der Waals surface area (Å²) in [4.78, 5) is 5.68. The molecule has 4 heteroatoms. The van der Waals surface area contributed by atoms with Crippen molar-refractivity contribution < 1.29 is 0 Å². The minimum Gasteiger partial charge on any atom is -0.330 e. The molecule has 1 aromatic rings. The monoisotopic (exact) mass is 342 g/mol. The molecular weight excluding hydrogens is 320 g/mol. The summed E-state index contributed by atoms with van der Waals surface area (Å²) in [7, 11) is 0. The zero-order chi connectivity index (χ0) is 13.4. The van der Waals surface area contributed by atoms with E-state index in [1.165, 1.54) is 52.9 Å². The fourth-order valence-electron chi connectivity index (χ4n) is 3.35. The molecule has 1 aromatic heterocycles. The van der Waals surface area contributed by atoms with Crippen molar-refractivity contribution in [3.63, 3.8) is 0 Å². The van der Waals surface area contributed by atoms with Gasteiger partial charge in [-0.05, 0) is 73.6 Å². The molecule has 0 bridgehead atoms. The predicted molar refractivity (Wildman–Crippen MR) is 85.6 cm³/mol.